The first-order valence-electron chi connectivity index (χ1n) is 8.43. The molecule has 0 aromatic heterocycles. The number of hydrogen-bond acceptors (Lipinski definition) is 2. The van der Waals surface area contributed by atoms with E-state index in [1.807, 2.05) is 36.4 Å². The van der Waals surface area contributed by atoms with Crippen LogP contribution in [0.2, 0.25) is 0 Å². The summed E-state index contributed by atoms with van der Waals surface area (Å²) in [5.41, 5.74) is 4.00. The van der Waals surface area contributed by atoms with E-state index in [9.17, 15) is 4.79 Å². The third-order valence-electron chi connectivity index (χ3n) is 4.33. The zero-order valence-electron chi connectivity index (χ0n) is 15.2. The average Bonchev–Trinajstić information content (AvgIpc) is 2.61. The number of benzene rings is 2. The molecule has 5 heteroatoms. The van der Waals surface area contributed by atoms with Crippen molar-refractivity contribution < 1.29 is 4.79 Å². The molecule has 4 nitrogen and oxygen atoms in total. The summed E-state index contributed by atoms with van der Waals surface area (Å²) in [5.74, 6) is 0.560. The van der Waals surface area contributed by atoms with Gasteiger partial charge in [0.05, 0.1) is 0 Å². The summed E-state index contributed by atoms with van der Waals surface area (Å²) < 4.78 is 0. The maximum absolute atomic E-state index is 11.4. The second-order valence-corrected chi connectivity index (χ2v) is 6.54. The van der Waals surface area contributed by atoms with Crippen LogP contribution in [0.3, 0.4) is 0 Å². The fraction of sp³-hybridized carbons (Fsp3) is 0.300. The number of carbonyl (C=O) groups is 1. The number of carbonyl (C=O) groups excluding carboxylic acids is 1. The van der Waals surface area contributed by atoms with Crippen LogP contribution in [0.1, 0.15) is 38.7 Å². The zero-order valence-corrected chi connectivity index (χ0v) is 16.0. The summed E-state index contributed by atoms with van der Waals surface area (Å²) in [4.78, 5) is 13.0. The van der Waals surface area contributed by atoms with Gasteiger partial charge in [0.1, 0.15) is 0 Å². The lowest BCUT2D eigenvalue weighted by atomic mass is 9.99. The predicted molar refractivity (Wildman–Crippen MR) is 111 cm³/mol. The Morgan fingerprint density at radius 2 is 1.52 bits per heavy atom. The molecule has 0 aliphatic heterocycles. The van der Waals surface area contributed by atoms with Crippen molar-refractivity contribution in [2.24, 2.45) is 0 Å². The third kappa shape index (κ3) is 5.29. The summed E-state index contributed by atoms with van der Waals surface area (Å²) in [6.45, 7) is 5.95. The molecule has 0 bridgehead atoms. The second-order valence-electron chi connectivity index (χ2n) is 6.14. The average molecular weight is 356 g/mol. The van der Waals surface area contributed by atoms with Gasteiger partial charge in [0.15, 0.2) is 5.11 Å². The van der Waals surface area contributed by atoms with E-state index in [1.54, 1.807) is 11.9 Å². The Bertz CT molecular complexity index is 726. The van der Waals surface area contributed by atoms with Gasteiger partial charge in [0, 0.05) is 31.0 Å². The van der Waals surface area contributed by atoms with Crippen molar-refractivity contribution in [3.63, 3.8) is 0 Å². The lowest BCUT2D eigenvalue weighted by molar-refractivity contribution is -0.116. The molecule has 25 heavy (non-hydrogen) atoms. The molecule has 1 atom stereocenters. The molecule has 2 aromatic carbocycles. The summed E-state index contributed by atoms with van der Waals surface area (Å²) in [6.07, 6.45) is 1.13. The van der Waals surface area contributed by atoms with Crippen LogP contribution in [0.25, 0.3) is 0 Å². The van der Waals surface area contributed by atoms with Gasteiger partial charge in [0.2, 0.25) is 5.91 Å². The van der Waals surface area contributed by atoms with Gasteiger partial charge in [-0.15, -0.1) is 0 Å². The normalized spacial score (nSPS) is 11.5. The third-order valence-corrected chi connectivity index (χ3v) is 4.54. The molecule has 0 fully saturated rings. The Morgan fingerprint density at radius 3 is 1.96 bits per heavy atom. The summed E-state index contributed by atoms with van der Waals surface area (Å²) in [5, 5.41) is 6.87. The van der Waals surface area contributed by atoms with Gasteiger partial charge < -0.3 is 15.5 Å². The van der Waals surface area contributed by atoms with E-state index in [-0.39, 0.29) is 5.91 Å². The zero-order chi connectivity index (χ0) is 18.4. The molecule has 1 amide bonds. The molecule has 0 saturated carbocycles. The van der Waals surface area contributed by atoms with Crippen LogP contribution in [0.15, 0.2) is 48.5 Å². The van der Waals surface area contributed by atoms with Gasteiger partial charge >= 0.3 is 0 Å². The van der Waals surface area contributed by atoms with Crippen molar-refractivity contribution in [1.29, 1.82) is 0 Å². The van der Waals surface area contributed by atoms with Crippen LogP contribution in [-0.4, -0.2) is 18.1 Å². The molecule has 0 heterocycles. The van der Waals surface area contributed by atoms with E-state index >= 15 is 0 Å². The van der Waals surface area contributed by atoms with Crippen LogP contribution in [-0.2, 0) is 4.79 Å². The Hall–Kier alpha value is -2.40. The molecule has 0 aliphatic carbocycles. The number of nitrogens with zero attached hydrogens (tertiary/aromatic N) is 1. The smallest absolute Gasteiger partial charge is 0.223 e. The van der Waals surface area contributed by atoms with Crippen LogP contribution >= 0.6 is 12.2 Å². The largest absolute Gasteiger partial charge is 0.332 e. The van der Waals surface area contributed by atoms with Gasteiger partial charge in [-0.05, 0) is 66.5 Å². The Labute approximate surface area is 155 Å². The fourth-order valence-electron chi connectivity index (χ4n) is 2.37. The Balaban J connectivity index is 1.95. The van der Waals surface area contributed by atoms with Crippen molar-refractivity contribution >= 4 is 40.3 Å². The highest BCUT2D eigenvalue weighted by Crippen LogP contribution is 2.21. The summed E-state index contributed by atoms with van der Waals surface area (Å²) in [6, 6.07) is 15.9. The maximum atomic E-state index is 11.4. The predicted octanol–water partition coefficient (Wildman–Crippen LogP) is 4.99. The van der Waals surface area contributed by atoms with Crippen molar-refractivity contribution in [2.45, 2.75) is 33.1 Å². The molecular weight excluding hydrogens is 330 g/mol. The molecule has 0 spiro atoms. The Morgan fingerprint density at radius 1 is 1.04 bits per heavy atom. The lowest BCUT2D eigenvalue weighted by Gasteiger charge is -2.16. The second kappa shape index (κ2) is 8.62. The van der Waals surface area contributed by atoms with Gasteiger partial charge in [-0.3, -0.25) is 4.79 Å². The molecule has 2 aromatic rings. The first-order chi connectivity index (χ1) is 11.9. The van der Waals surface area contributed by atoms with E-state index < -0.39 is 0 Å². The lowest BCUT2D eigenvalue weighted by Crippen LogP contribution is -2.23. The molecule has 0 aliphatic rings. The van der Waals surface area contributed by atoms with Crippen molar-refractivity contribution in [3.05, 3.63) is 54.1 Å². The molecule has 0 saturated heterocycles. The quantitative estimate of drug-likeness (QED) is 0.742. The highest BCUT2D eigenvalue weighted by atomic mass is 32.1. The van der Waals surface area contributed by atoms with Crippen LogP contribution < -0.4 is 15.5 Å². The van der Waals surface area contributed by atoms with Crippen LogP contribution in [0, 0.1) is 0 Å². The van der Waals surface area contributed by atoms with E-state index in [1.165, 1.54) is 12.5 Å². The van der Waals surface area contributed by atoms with Crippen molar-refractivity contribution in [1.82, 2.24) is 0 Å². The minimum absolute atomic E-state index is 0.00117. The van der Waals surface area contributed by atoms with E-state index in [0.717, 1.165) is 23.5 Å². The Kier molecular flexibility index (Phi) is 6.53. The van der Waals surface area contributed by atoms with Crippen molar-refractivity contribution in [3.8, 4) is 0 Å². The first-order valence-corrected chi connectivity index (χ1v) is 8.84. The maximum Gasteiger partial charge on any atom is 0.223 e. The molecule has 1 unspecified atom stereocenters. The highest BCUT2D eigenvalue weighted by Gasteiger charge is 2.06. The number of hydrogen-bond donors (Lipinski definition) is 2. The van der Waals surface area contributed by atoms with Gasteiger partial charge in [-0.1, -0.05) is 26.0 Å². The molecule has 132 valence electrons. The minimum atomic E-state index is -0.00117. The number of amides is 1. The number of rotatable bonds is 5. The van der Waals surface area contributed by atoms with Crippen molar-refractivity contribution in [2.75, 3.05) is 22.6 Å². The SMILES string of the molecule is CCC(C)c1ccc(NC(=S)Nc2ccc(N(C)C(C)=O)cc2)cc1. The summed E-state index contributed by atoms with van der Waals surface area (Å²) in [7, 11) is 1.75. The van der Waals surface area contributed by atoms with Crippen LogP contribution in [0.5, 0.6) is 0 Å². The van der Waals surface area contributed by atoms with Gasteiger partial charge in [-0.2, -0.15) is 0 Å². The monoisotopic (exact) mass is 355 g/mol. The van der Waals surface area contributed by atoms with Gasteiger partial charge in [0.25, 0.3) is 0 Å². The topological polar surface area (TPSA) is 44.4 Å². The minimum Gasteiger partial charge on any atom is -0.332 e. The number of thiocarbonyl (C=S) groups is 1. The van der Waals surface area contributed by atoms with Gasteiger partial charge in [-0.25, -0.2) is 0 Å². The molecule has 0 radical (unpaired) electrons. The van der Waals surface area contributed by atoms with E-state index in [4.69, 9.17) is 12.2 Å². The number of anilines is 3. The number of nitrogens with one attached hydrogen (secondary N) is 2. The highest BCUT2D eigenvalue weighted by molar-refractivity contribution is 7.80. The standard InChI is InChI=1S/C20H25N3OS/c1-5-14(2)16-6-8-17(9-7-16)21-20(25)22-18-10-12-19(13-11-18)23(4)15(3)24/h6-14H,5H2,1-4H3,(H2,21,22,25). The first kappa shape index (κ1) is 18.9. The molecule has 2 rings (SSSR count). The summed E-state index contributed by atoms with van der Waals surface area (Å²) >= 11 is 5.36. The molecule has 2 N–H and O–H groups in total. The van der Waals surface area contributed by atoms with E-state index in [2.05, 4.69) is 36.6 Å². The fourth-order valence-corrected chi connectivity index (χ4v) is 2.61. The van der Waals surface area contributed by atoms with E-state index in [0.29, 0.717) is 11.0 Å². The molecular formula is C20H25N3OS. The van der Waals surface area contributed by atoms with Crippen LogP contribution in [0.4, 0.5) is 17.1 Å².